The van der Waals surface area contributed by atoms with Gasteiger partial charge in [0.15, 0.2) is 0 Å². The fourth-order valence-corrected chi connectivity index (χ4v) is 5.48. The number of fused-ring (bicyclic) bond motifs is 2. The van der Waals surface area contributed by atoms with Gasteiger partial charge in [-0.05, 0) is 78.1 Å². The summed E-state index contributed by atoms with van der Waals surface area (Å²) in [6, 6.07) is 22.3. The van der Waals surface area contributed by atoms with Crippen LogP contribution in [0.1, 0.15) is 41.0 Å². The maximum Gasteiger partial charge on any atom is 0.573 e. The third kappa shape index (κ3) is 5.29. The van der Waals surface area contributed by atoms with Crippen LogP contribution < -0.4 is 10.1 Å². The second-order valence-corrected chi connectivity index (χ2v) is 9.23. The van der Waals surface area contributed by atoms with Gasteiger partial charge in [0.1, 0.15) is 5.75 Å². The van der Waals surface area contributed by atoms with Gasteiger partial charge >= 0.3 is 12.4 Å². The van der Waals surface area contributed by atoms with Crippen LogP contribution in [0, 0.1) is 5.92 Å². The summed E-state index contributed by atoms with van der Waals surface area (Å²) in [6.45, 7) is 1.27. The van der Waals surface area contributed by atoms with Crippen LogP contribution in [0.2, 0.25) is 0 Å². The number of ether oxygens (including phenoxy) is 1. The molecule has 0 aromatic heterocycles. The molecule has 35 heavy (non-hydrogen) atoms. The fourth-order valence-electron chi connectivity index (χ4n) is 5.48. The number of urea groups is 1. The molecule has 0 bridgehead atoms. The molecule has 1 aliphatic carbocycles. The second-order valence-electron chi connectivity index (χ2n) is 9.23. The quantitative estimate of drug-likeness (QED) is 0.450. The van der Waals surface area contributed by atoms with Crippen LogP contribution in [0.4, 0.5) is 23.7 Å². The number of likely N-dealkylation sites (tertiary alicyclic amines) is 1. The van der Waals surface area contributed by atoms with Gasteiger partial charge < -0.3 is 15.0 Å². The fraction of sp³-hybridized carbons (Fsp3) is 0.321. The SMILES string of the molecule is O=C(Nc1ccc(OC(F)(F)F)cc1)N1CCCC(C2c3ccccc3CCc3ccccc32)C1. The maximum atomic E-state index is 13.1. The summed E-state index contributed by atoms with van der Waals surface area (Å²) in [5.41, 5.74) is 5.87. The van der Waals surface area contributed by atoms with E-state index in [1.807, 2.05) is 4.90 Å². The predicted octanol–water partition coefficient (Wildman–Crippen LogP) is 6.76. The molecule has 2 amide bonds. The van der Waals surface area contributed by atoms with Crippen LogP contribution in [0.15, 0.2) is 72.8 Å². The molecule has 3 aromatic carbocycles. The number of aryl methyl sites for hydroxylation is 2. The zero-order valence-electron chi connectivity index (χ0n) is 19.2. The van der Waals surface area contributed by atoms with E-state index in [0.29, 0.717) is 18.8 Å². The van der Waals surface area contributed by atoms with Crippen LogP contribution in [0.25, 0.3) is 0 Å². The Bertz CT molecular complexity index is 1150. The van der Waals surface area contributed by atoms with Crippen molar-refractivity contribution in [2.45, 2.75) is 38.0 Å². The Balaban J connectivity index is 1.34. The molecule has 1 N–H and O–H groups in total. The Labute approximate surface area is 202 Å². The van der Waals surface area contributed by atoms with Crippen molar-refractivity contribution in [3.05, 3.63) is 95.1 Å². The summed E-state index contributed by atoms with van der Waals surface area (Å²) >= 11 is 0. The lowest BCUT2D eigenvalue weighted by Crippen LogP contribution is -2.44. The van der Waals surface area contributed by atoms with Crippen LogP contribution in [0.5, 0.6) is 5.75 Å². The number of anilines is 1. The number of rotatable bonds is 3. The number of hydrogen-bond donors (Lipinski definition) is 1. The molecule has 182 valence electrons. The van der Waals surface area contributed by atoms with Gasteiger partial charge in [0.2, 0.25) is 0 Å². The van der Waals surface area contributed by atoms with Crippen molar-refractivity contribution in [3.63, 3.8) is 0 Å². The summed E-state index contributed by atoms with van der Waals surface area (Å²) in [4.78, 5) is 14.9. The van der Waals surface area contributed by atoms with E-state index in [9.17, 15) is 18.0 Å². The number of piperidine rings is 1. The predicted molar refractivity (Wildman–Crippen MR) is 129 cm³/mol. The number of amides is 2. The maximum absolute atomic E-state index is 13.1. The molecule has 7 heteroatoms. The van der Waals surface area contributed by atoms with E-state index in [0.717, 1.165) is 25.7 Å². The Kier molecular flexibility index (Phi) is 6.41. The molecule has 2 aliphatic rings. The average Bonchev–Trinajstić information content (AvgIpc) is 3.01. The first-order chi connectivity index (χ1) is 16.9. The average molecular weight is 481 g/mol. The molecule has 1 saturated heterocycles. The van der Waals surface area contributed by atoms with Crippen molar-refractivity contribution < 1.29 is 22.7 Å². The number of alkyl halides is 3. The minimum absolute atomic E-state index is 0.222. The molecule has 4 nitrogen and oxygen atoms in total. The Morgan fingerprint density at radius 3 is 2.09 bits per heavy atom. The lowest BCUT2D eigenvalue weighted by atomic mass is 9.75. The molecule has 5 rings (SSSR count). The van der Waals surface area contributed by atoms with Crippen molar-refractivity contribution >= 4 is 11.7 Å². The van der Waals surface area contributed by atoms with Gasteiger partial charge in [-0.15, -0.1) is 13.2 Å². The molecule has 3 aromatic rings. The minimum Gasteiger partial charge on any atom is -0.406 e. The van der Waals surface area contributed by atoms with Gasteiger partial charge in [-0.2, -0.15) is 0 Å². The number of nitrogens with one attached hydrogen (secondary N) is 1. The highest BCUT2D eigenvalue weighted by Crippen LogP contribution is 2.42. The van der Waals surface area contributed by atoms with Crippen LogP contribution >= 0.6 is 0 Å². The van der Waals surface area contributed by atoms with Gasteiger partial charge in [-0.1, -0.05) is 48.5 Å². The van der Waals surface area contributed by atoms with E-state index < -0.39 is 6.36 Å². The molecule has 0 saturated carbocycles. The zero-order valence-corrected chi connectivity index (χ0v) is 19.2. The number of carbonyl (C=O) groups is 1. The highest BCUT2D eigenvalue weighted by Gasteiger charge is 2.35. The number of hydrogen-bond acceptors (Lipinski definition) is 2. The molecule has 1 aliphatic heterocycles. The molecule has 0 radical (unpaired) electrons. The van der Waals surface area contributed by atoms with Crippen LogP contribution in [-0.4, -0.2) is 30.4 Å². The smallest absolute Gasteiger partial charge is 0.406 e. The first-order valence-corrected chi connectivity index (χ1v) is 11.9. The third-order valence-corrected chi connectivity index (χ3v) is 7.00. The highest BCUT2D eigenvalue weighted by atomic mass is 19.4. The first kappa shape index (κ1) is 23.3. The number of benzene rings is 3. The molecule has 1 heterocycles. The van der Waals surface area contributed by atoms with E-state index in [4.69, 9.17) is 0 Å². The summed E-state index contributed by atoms with van der Waals surface area (Å²) in [5, 5.41) is 2.83. The third-order valence-electron chi connectivity index (χ3n) is 7.00. The molecule has 1 unspecified atom stereocenters. The minimum atomic E-state index is -4.75. The number of halogens is 3. The van der Waals surface area contributed by atoms with Gasteiger partial charge in [0, 0.05) is 24.7 Å². The summed E-state index contributed by atoms with van der Waals surface area (Å²) in [7, 11) is 0. The van der Waals surface area contributed by atoms with Gasteiger partial charge in [0.25, 0.3) is 0 Å². The Hall–Kier alpha value is -3.48. The summed E-state index contributed by atoms with van der Waals surface area (Å²) in [6.07, 6.45) is -0.802. The van der Waals surface area contributed by atoms with E-state index >= 15 is 0 Å². The zero-order chi connectivity index (χ0) is 24.4. The van der Waals surface area contributed by atoms with Gasteiger partial charge in [-0.25, -0.2) is 4.79 Å². The molecule has 1 atom stereocenters. The normalized spacial score (nSPS) is 18.3. The van der Waals surface area contributed by atoms with E-state index in [-0.39, 0.29) is 23.6 Å². The molecular weight excluding hydrogens is 453 g/mol. The molecule has 0 spiro atoms. The van der Waals surface area contributed by atoms with E-state index in [1.165, 1.54) is 46.5 Å². The van der Waals surface area contributed by atoms with Gasteiger partial charge in [-0.3, -0.25) is 0 Å². The summed E-state index contributed by atoms with van der Waals surface area (Å²) in [5.74, 6) is 0.177. The summed E-state index contributed by atoms with van der Waals surface area (Å²) < 4.78 is 41.1. The molecular formula is C28H27F3N2O2. The second kappa shape index (κ2) is 9.64. The van der Waals surface area contributed by atoms with E-state index in [1.54, 1.807) is 0 Å². The van der Waals surface area contributed by atoms with Crippen molar-refractivity contribution in [3.8, 4) is 5.75 Å². The largest absolute Gasteiger partial charge is 0.573 e. The van der Waals surface area contributed by atoms with Crippen molar-refractivity contribution in [2.75, 3.05) is 18.4 Å². The lowest BCUT2D eigenvalue weighted by molar-refractivity contribution is -0.274. The Morgan fingerprint density at radius 2 is 1.49 bits per heavy atom. The molecule has 1 fully saturated rings. The van der Waals surface area contributed by atoms with Crippen molar-refractivity contribution in [1.29, 1.82) is 0 Å². The lowest BCUT2D eigenvalue weighted by Gasteiger charge is -2.38. The highest BCUT2D eigenvalue weighted by molar-refractivity contribution is 5.89. The van der Waals surface area contributed by atoms with Gasteiger partial charge in [0.05, 0.1) is 0 Å². The van der Waals surface area contributed by atoms with E-state index in [2.05, 4.69) is 58.6 Å². The topological polar surface area (TPSA) is 41.6 Å². The number of nitrogens with zero attached hydrogens (tertiary/aromatic N) is 1. The monoisotopic (exact) mass is 480 g/mol. The van der Waals surface area contributed by atoms with Crippen molar-refractivity contribution in [1.82, 2.24) is 4.90 Å². The van der Waals surface area contributed by atoms with Crippen LogP contribution in [0.3, 0.4) is 0 Å². The number of carbonyl (C=O) groups excluding carboxylic acids is 1. The first-order valence-electron chi connectivity index (χ1n) is 11.9. The van der Waals surface area contributed by atoms with Crippen LogP contribution in [-0.2, 0) is 12.8 Å². The Morgan fingerprint density at radius 1 is 0.886 bits per heavy atom. The van der Waals surface area contributed by atoms with Crippen molar-refractivity contribution in [2.24, 2.45) is 5.92 Å². The standard InChI is InChI=1S/C28H27F3N2O2/c29-28(30,31)35-23-15-13-22(14-16-23)32-27(34)33-17-5-8-21(18-33)26-24-9-3-1-6-19(24)11-12-20-7-2-4-10-25(20)26/h1-4,6-7,9-10,13-16,21,26H,5,8,11-12,17-18H2,(H,32,34).